The van der Waals surface area contributed by atoms with E-state index < -0.39 is 0 Å². The van der Waals surface area contributed by atoms with E-state index in [1.54, 1.807) is 12.4 Å². The molecular weight excluding hydrogens is 336 g/mol. The van der Waals surface area contributed by atoms with Gasteiger partial charge in [0, 0.05) is 50.1 Å². The van der Waals surface area contributed by atoms with Crippen LogP contribution in [0.25, 0.3) is 0 Å². The van der Waals surface area contributed by atoms with Crippen LogP contribution >= 0.6 is 11.6 Å². The predicted molar refractivity (Wildman–Crippen MR) is 102 cm³/mol. The van der Waals surface area contributed by atoms with Crippen molar-refractivity contribution >= 4 is 23.5 Å². The van der Waals surface area contributed by atoms with Crippen molar-refractivity contribution in [2.24, 2.45) is 4.99 Å². The highest BCUT2D eigenvalue weighted by atomic mass is 35.5. The Morgan fingerprint density at radius 2 is 1.80 bits per heavy atom. The number of aliphatic imine (C=N–C) groups is 1. The minimum absolute atomic E-state index is 0.640. The van der Waals surface area contributed by atoms with Crippen molar-refractivity contribution in [2.75, 3.05) is 37.6 Å². The number of piperazine rings is 1. The summed E-state index contributed by atoms with van der Waals surface area (Å²) in [4.78, 5) is 17.9. The second-order valence-corrected chi connectivity index (χ2v) is 6.26. The zero-order chi connectivity index (χ0) is 17.5. The van der Waals surface area contributed by atoms with E-state index in [4.69, 9.17) is 16.6 Å². The largest absolute Gasteiger partial charge is 0.357 e. The van der Waals surface area contributed by atoms with E-state index in [1.165, 1.54) is 0 Å². The molecule has 0 bridgehead atoms. The molecule has 0 radical (unpaired) electrons. The molecule has 7 heteroatoms. The van der Waals surface area contributed by atoms with Crippen LogP contribution < -0.4 is 10.2 Å². The number of hydrogen-bond donors (Lipinski definition) is 1. The number of aromatic nitrogens is 2. The van der Waals surface area contributed by atoms with Gasteiger partial charge in [0.05, 0.1) is 6.54 Å². The molecule has 0 spiro atoms. The minimum Gasteiger partial charge on any atom is -0.357 e. The number of anilines is 1. The maximum atomic E-state index is 5.94. The third-order valence-electron chi connectivity index (χ3n) is 4.07. The van der Waals surface area contributed by atoms with E-state index in [1.807, 2.05) is 30.3 Å². The first-order valence-electron chi connectivity index (χ1n) is 8.56. The Morgan fingerprint density at radius 3 is 2.44 bits per heavy atom. The lowest BCUT2D eigenvalue weighted by Gasteiger charge is -2.36. The zero-order valence-corrected chi connectivity index (χ0v) is 15.2. The number of nitrogens with zero attached hydrogens (tertiary/aromatic N) is 5. The molecule has 132 valence electrons. The molecule has 0 atom stereocenters. The molecule has 1 aromatic heterocycles. The summed E-state index contributed by atoms with van der Waals surface area (Å²) >= 11 is 5.94. The molecule has 1 aliphatic heterocycles. The van der Waals surface area contributed by atoms with Crippen molar-refractivity contribution in [1.82, 2.24) is 20.2 Å². The summed E-state index contributed by atoms with van der Waals surface area (Å²) < 4.78 is 0. The fourth-order valence-electron chi connectivity index (χ4n) is 2.75. The first-order chi connectivity index (χ1) is 12.3. The molecular formula is C18H23ClN6. The van der Waals surface area contributed by atoms with Crippen molar-refractivity contribution < 1.29 is 0 Å². The van der Waals surface area contributed by atoms with Gasteiger partial charge < -0.3 is 15.1 Å². The summed E-state index contributed by atoms with van der Waals surface area (Å²) in [5, 5.41) is 4.14. The second kappa shape index (κ2) is 8.67. The minimum atomic E-state index is 0.640. The van der Waals surface area contributed by atoms with Gasteiger partial charge in [-0.1, -0.05) is 23.7 Å². The fourth-order valence-corrected chi connectivity index (χ4v) is 2.88. The van der Waals surface area contributed by atoms with Crippen LogP contribution in [0, 0.1) is 0 Å². The number of nitrogens with one attached hydrogen (secondary N) is 1. The highest BCUT2D eigenvalue weighted by Gasteiger charge is 2.20. The Morgan fingerprint density at radius 1 is 1.12 bits per heavy atom. The van der Waals surface area contributed by atoms with Gasteiger partial charge in [-0.25, -0.2) is 15.0 Å². The van der Waals surface area contributed by atoms with Gasteiger partial charge in [0.2, 0.25) is 5.95 Å². The second-order valence-electron chi connectivity index (χ2n) is 5.82. The van der Waals surface area contributed by atoms with E-state index in [0.717, 1.165) is 55.2 Å². The smallest absolute Gasteiger partial charge is 0.225 e. The van der Waals surface area contributed by atoms with Crippen molar-refractivity contribution in [3.05, 3.63) is 53.3 Å². The maximum Gasteiger partial charge on any atom is 0.225 e. The summed E-state index contributed by atoms with van der Waals surface area (Å²) in [5.41, 5.74) is 1.15. The lowest BCUT2D eigenvalue weighted by molar-refractivity contribution is 0.370. The molecule has 1 aliphatic rings. The van der Waals surface area contributed by atoms with Crippen LogP contribution in [0.3, 0.4) is 0 Å². The first-order valence-corrected chi connectivity index (χ1v) is 8.93. The molecule has 25 heavy (non-hydrogen) atoms. The molecule has 0 aliphatic carbocycles. The van der Waals surface area contributed by atoms with Crippen LogP contribution in [0.1, 0.15) is 12.5 Å². The van der Waals surface area contributed by atoms with Gasteiger partial charge in [0.25, 0.3) is 0 Å². The molecule has 0 saturated carbocycles. The Bertz CT molecular complexity index is 680. The zero-order valence-electron chi connectivity index (χ0n) is 14.4. The number of hydrogen-bond acceptors (Lipinski definition) is 4. The van der Waals surface area contributed by atoms with Crippen LogP contribution in [0.4, 0.5) is 5.95 Å². The van der Waals surface area contributed by atoms with Crippen LogP contribution in [0.15, 0.2) is 47.7 Å². The number of rotatable bonds is 4. The summed E-state index contributed by atoms with van der Waals surface area (Å²) in [5.74, 6) is 1.75. The average molecular weight is 359 g/mol. The highest BCUT2D eigenvalue weighted by Crippen LogP contribution is 2.12. The summed E-state index contributed by atoms with van der Waals surface area (Å²) in [6.45, 7) is 7.13. The van der Waals surface area contributed by atoms with Crippen LogP contribution in [-0.2, 0) is 6.54 Å². The van der Waals surface area contributed by atoms with Crippen LogP contribution in [0.5, 0.6) is 0 Å². The van der Waals surface area contributed by atoms with E-state index in [2.05, 4.69) is 32.0 Å². The first kappa shape index (κ1) is 17.5. The molecule has 3 rings (SSSR count). The Labute approximate surface area is 153 Å². The monoisotopic (exact) mass is 358 g/mol. The SMILES string of the molecule is CCNC(=NCc1ccc(Cl)cc1)N1CCN(c2ncccn2)CC1. The van der Waals surface area contributed by atoms with Gasteiger partial charge in [-0.2, -0.15) is 0 Å². The van der Waals surface area contributed by atoms with E-state index >= 15 is 0 Å². The lowest BCUT2D eigenvalue weighted by Crippen LogP contribution is -2.52. The Balaban J connectivity index is 1.61. The summed E-state index contributed by atoms with van der Waals surface area (Å²) in [7, 11) is 0. The summed E-state index contributed by atoms with van der Waals surface area (Å²) in [6, 6.07) is 9.67. The lowest BCUT2D eigenvalue weighted by atomic mass is 10.2. The normalized spacial score (nSPS) is 15.4. The number of guanidine groups is 1. The Kier molecular flexibility index (Phi) is 6.06. The van der Waals surface area contributed by atoms with Gasteiger partial charge in [-0.15, -0.1) is 0 Å². The fraction of sp³-hybridized carbons (Fsp3) is 0.389. The number of benzene rings is 1. The quantitative estimate of drug-likeness (QED) is 0.672. The molecule has 0 amide bonds. The number of halogens is 1. The average Bonchev–Trinajstić information content (AvgIpc) is 2.67. The maximum absolute atomic E-state index is 5.94. The molecule has 2 heterocycles. The molecule has 1 aromatic carbocycles. The van der Waals surface area contributed by atoms with Crippen molar-refractivity contribution in [2.45, 2.75) is 13.5 Å². The van der Waals surface area contributed by atoms with Gasteiger partial charge >= 0.3 is 0 Å². The highest BCUT2D eigenvalue weighted by molar-refractivity contribution is 6.30. The third-order valence-corrected chi connectivity index (χ3v) is 4.33. The van der Waals surface area contributed by atoms with E-state index in [0.29, 0.717) is 6.54 Å². The van der Waals surface area contributed by atoms with E-state index in [9.17, 15) is 0 Å². The standard InChI is InChI=1S/C18H23ClN6/c1-2-20-17(23-14-15-4-6-16(19)7-5-15)24-10-12-25(13-11-24)18-21-8-3-9-22-18/h3-9H,2,10-14H2,1H3,(H,20,23). The summed E-state index contributed by atoms with van der Waals surface area (Å²) in [6.07, 6.45) is 3.57. The molecule has 1 N–H and O–H groups in total. The van der Waals surface area contributed by atoms with Crippen LogP contribution in [-0.4, -0.2) is 53.6 Å². The molecule has 1 fully saturated rings. The van der Waals surface area contributed by atoms with Crippen molar-refractivity contribution in [3.63, 3.8) is 0 Å². The topological polar surface area (TPSA) is 56.7 Å². The van der Waals surface area contributed by atoms with Crippen molar-refractivity contribution in [1.29, 1.82) is 0 Å². The van der Waals surface area contributed by atoms with Crippen molar-refractivity contribution in [3.8, 4) is 0 Å². The Hall–Kier alpha value is -2.34. The molecule has 0 unspecified atom stereocenters. The predicted octanol–water partition coefficient (Wildman–Crippen LogP) is 2.42. The van der Waals surface area contributed by atoms with Gasteiger partial charge in [0.1, 0.15) is 0 Å². The third kappa shape index (κ3) is 4.82. The van der Waals surface area contributed by atoms with Crippen LogP contribution in [0.2, 0.25) is 5.02 Å². The van der Waals surface area contributed by atoms with Gasteiger partial charge in [0.15, 0.2) is 5.96 Å². The molecule has 2 aromatic rings. The van der Waals surface area contributed by atoms with Gasteiger partial charge in [-0.05, 0) is 30.7 Å². The van der Waals surface area contributed by atoms with E-state index in [-0.39, 0.29) is 0 Å². The molecule has 6 nitrogen and oxygen atoms in total. The molecule has 1 saturated heterocycles. The van der Waals surface area contributed by atoms with Gasteiger partial charge in [-0.3, -0.25) is 0 Å².